The summed E-state index contributed by atoms with van der Waals surface area (Å²) in [4.78, 5) is 15.1. The number of carbonyl (C=O) groups is 1. The summed E-state index contributed by atoms with van der Waals surface area (Å²) in [7, 11) is 0. The van der Waals surface area contributed by atoms with Crippen LogP contribution >= 0.6 is 0 Å². The molecule has 2 unspecified atom stereocenters. The normalized spacial score (nSPS) is 32.6. The Bertz CT molecular complexity index is 316. The number of esters is 1. The number of nitrogens with one attached hydrogen (secondary N) is 1. The lowest BCUT2D eigenvalue weighted by Gasteiger charge is -2.43. The molecule has 2 aliphatic rings. The van der Waals surface area contributed by atoms with Crippen LogP contribution in [-0.2, 0) is 9.53 Å². The van der Waals surface area contributed by atoms with Gasteiger partial charge in [-0.1, -0.05) is 26.2 Å². The third kappa shape index (κ3) is 3.34. The SMILES string of the molecule is CCOC(=O)C1(N2CCNCC2)CCCC(CC)CC1. The maximum atomic E-state index is 12.7. The summed E-state index contributed by atoms with van der Waals surface area (Å²) in [5.41, 5.74) is -0.345. The Hall–Kier alpha value is -0.610. The van der Waals surface area contributed by atoms with Crippen molar-refractivity contribution in [3.8, 4) is 0 Å². The molecular weight excluding hydrogens is 252 g/mol. The van der Waals surface area contributed by atoms with Crippen molar-refractivity contribution in [3.05, 3.63) is 0 Å². The minimum atomic E-state index is -0.345. The van der Waals surface area contributed by atoms with E-state index in [9.17, 15) is 4.79 Å². The van der Waals surface area contributed by atoms with E-state index in [1.165, 1.54) is 19.3 Å². The molecule has 0 bridgehead atoms. The van der Waals surface area contributed by atoms with Crippen LogP contribution in [0.1, 0.15) is 52.4 Å². The molecule has 2 rings (SSSR count). The molecule has 0 aromatic rings. The van der Waals surface area contributed by atoms with Crippen LogP contribution in [0.3, 0.4) is 0 Å². The lowest BCUT2D eigenvalue weighted by atomic mass is 9.86. The second kappa shape index (κ2) is 7.41. The Balaban J connectivity index is 2.16. The quantitative estimate of drug-likeness (QED) is 0.634. The van der Waals surface area contributed by atoms with E-state index in [4.69, 9.17) is 4.74 Å². The first-order chi connectivity index (χ1) is 9.73. The summed E-state index contributed by atoms with van der Waals surface area (Å²) in [5.74, 6) is 0.813. The molecule has 1 heterocycles. The highest BCUT2D eigenvalue weighted by molar-refractivity contribution is 5.81. The zero-order valence-electron chi connectivity index (χ0n) is 13.1. The molecule has 2 atom stereocenters. The van der Waals surface area contributed by atoms with Crippen molar-refractivity contribution < 1.29 is 9.53 Å². The van der Waals surface area contributed by atoms with E-state index < -0.39 is 0 Å². The first-order valence-corrected chi connectivity index (χ1v) is 8.36. The van der Waals surface area contributed by atoms with Gasteiger partial charge in [-0.15, -0.1) is 0 Å². The lowest BCUT2D eigenvalue weighted by Crippen LogP contribution is -2.60. The number of hydrogen-bond acceptors (Lipinski definition) is 4. The average Bonchev–Trinajstić information content (AvgIpc) is 2.71. The Morgan fingerprint density at radius 2 is 2.00 bits per heavy atom. The van der Waals surface area contributed by atoms with Crippen molar-refractivity contribution in [2.45, 2.75) is 57.9 Å². The number of carbonyl (C=O) groups excluding carboxylic acids is 1. The molecular formula is C16H30N2O2. The number of piperazine rings is 1. The lowest BCUT2D eigenvalue weighted by molar-refractivity contribution is -0.160. The number of nitrogens with zero attached hydrogens (tertiary/aromatic N) is 1. The fraction of sp³-hybridized carbons (Fsp3) is 0.938. The van der Waals surface area contributed by atoms with Gasteiger partial charge in [0, 0.05) is 26.2 Å². The standard InChI is InChI=1S/C16H30N2O2/c1-3-14-6-5-8-16(9-7-14,15(19)20-4-2)18-12-10-17-11-13-18/h14,17H,3-13H2,1-2H3. The fourth-order valence-corrected chi connectivity index (χ4v) is 3.81. The molecule has 2 fully saturated rings. The highest BCUT2D eigenvalue weighted by Gasteiger charge is 2.46. The van der Waals surface area contributed by atoms with Crippen LogP contribution < -0.4 is 5.32 Å². The van der Waals surface area contributed by atoms with Gasteiger partial charge in [0.15, 0.2) is 0 Å². The Morgan fingerprint density at radius 1 is 1.25 bits per heavy atom. The molecule has 0 radical (unpaired) electrons. The molecule has 1 N–H and O–H groups in total. The van der Waals surface area contributed by atoms with Gasteiger partial charge in [0.05, 0.1) is 6.61 Å². The van der Waals surface area contributed by atoms with Gasteiger partial charge in [-0.05, 0) is 32.1 Å². The summed E-state index contributed by atoms with van der Waals surface area (Å²) in [5, 5.41) is 3.38. The molecule has 0 spiro atoms. The molecule has 0 aromatic carbocycles. The number of hydrogen-bond donors (Lipinski definition) is 1. The largest absolute Gasteiger partial charge is 0.465 e. The van der Waals surface area contributed by atoms with Gasteiger partial charge in [0.1, 0.15) is 5.54 Å². The zero-order chi connectivity index (χ0) is 14.4. The van der Waals surface area contributed by atoms with Crippen molar-refractivity contribution >= 4 is 5.97 Å². The summed E-state index contributed by atoms with van der Waals surface area (Å²) >= 11 is 0. The van der Waals surface area contributed by atoms with Crippen LogP contribution in [0.2, 0.25) is 0 Å². The topological polar surface area (TPSA) is 41.6 Å². The summed E-state index contributed by atoms with van der Waals surface area (Å²) in [6.45, 7) is 8.58. The van der Waals surface area contributed by atoms with Gasteiger partial charge in [-0.25, -0.2) is 0 Å². The predicted molar refractivity (Wildman–Crippen MR) is 80.7 cm³/mol. The van der Waals surface area contributed by atoms with Crippen molar-refractivity contribution in [3.63, 3.8) is 0 Å². The second-order valence-corrected chi connectivity index (χ2v) is 6.19. The van der Waals surface area contributed by atoms with Crippen molar-refractivity contribution in [1.82, 2.24) is 10.2 Å². The average molecular weight is 282 g/mol. The third-order valence-corrected chi connectivity index (χ3v) is 5.12. The van der Waals surface area contributed by atoms with Crippen LogP contribution in [0.4, 0.5) is 0 Å². The molecule has 1 saturated carbocycles. The van der Waals surface area contributed by atoms with Gasteiger partial charge in [-0.3, -0.25) is 9.69 Å². The summed E-state index contributed by atoms with van der Waals surface area (Å²) in [6.07, 6.45) is 6.78. The smallest absolute Gasteiger partial charge is 0.326 e. The van der Waals surface area contributed by atoms with Gasteiger partial charge >= 0.3 is 5.97 Å². The van der Waals surface area contributed by atoms with Crippen molar-refractivity contribution in [2.75, 3.05) is 32.8 Å². The Kier molecular flexibility index (Phi) is 5.85. The van der Waals surface area contributed by atoms with E-state index >= 15 is 0 Å². The van der Waals surface area contributed by atoms with Gasteiger partial charge in [0.2, 0.25) is 0 Å². The van der Waals surface area contributed by atoms with Crippen LogP contribution in [0.15, 0.2) is 0 Å². The maximum Gasteiger partial charge on any atom is 0.326 e. The highest BCUT2D eigenvalue weighted by Crippen LogP contribution is 2.37. The first-order valence-electron chi connectivity index (χ1n) is 8.36. The van der Waals surface area contributed by atoms with Gasteiger partial charge < -0.3 is 10.1 Å². The Morgan fingerprint density at radius 3 is 2.65 bits per heavy atom. The first kappa shape index (κ1) is 15.8. The number of rotatable bonds is 4. The molecule has 1 aliphatic carbocycles. The zero-order valence-corrected chi connectivity index (χ0v) is 13.1. The molecule has 116 valence electrons. The van der Waals surface area contributed by atoms with E-state index in [1.54, 1.807) is 0 Å². The van der Waals surface area contributed by atoms with Crippen LogP contribution in [0.25, 0.3) is 0 Å². The number of ether oxygens (including phenoxy) is 1. The molecule has 4 heteroatoms. The fourth-order valence-electron chi connectivity index (χ4n) is 3.81. The van der Waals surface area contributed by atoms with Gasteiger partial charge in [0.25, 0.3) is 0 Å². The van der Waals surface area contributed by atoms with E-state index in [2.05, 4.69) is 17.1 Å². The highest BCUT2D eigenvalue weighted by atomic mass is 16.5. The summed E-state index contributed by atoms with van der Waals surface area (Å²) < 4.78 is 5.46. The monoisotopic (exact) mass is 282 g/mol. The van der Waals surface area contributed by atoms with Crippen LogP contribution in [0, 0.1) is 5.92 Å². The van der Waals surface area contributed by atoms with E-state index in [-0.39, 0.29) is 11.5 Å². The Labute approximate surface area is 123 Å². The second-order valence-electron chi connectivity index (χ2n) is 6.19. The molecule has 0 aromatic heterocycles. The maximum absolute atomic E-state index is 12.7. The predicted octanol–water partition coefficient (Wildman–Crippen LogP) is 2.18. The minimum Gasteiger partial charge on any atom is -0.465 e. The van der Waals surface area contributed by atoms with E-state index in [1.807, 2.05) is 6.92 Å². The molecule has 0 amide bonds. The molecule has 4 nitrogen and oxygen atoms in total. The van der Waals surface area contributed by atoms with Crippen molar-refractivity contribution in [2.24, 2.45) is 5.92 Å². The van der Waals surface area contributed by atoms with Crippen LogP contribution in [0.5, 0.6) is 0 Å². The molecule has 1 saturated heterocycles. The molecule has 1 aliphatic heterocycles. The molecule has 20 heavy (non-hydrogen) atoms. The van der Waals surface area contributed by atoms with Crippen LogP contribution in [-0.4, -0.2) is 49.2 Å². The third-order valence-electron chi connectivity index (χ3n) is 5.12. The van der Waals surface area contributed by atoms with Gasteiger partial charge in [-0.2, -0.15) is 0 Å². The van der Waals surface area contributed by atoms with Crippen molar-refractivity contribution in [1.29, 1.82) is 0 Å². The van der Waals surface area contributed by atoms with E-state index in [0.717, 1.165) is 51.4 Å². The minimum absolute atomic E-state index is 0.0265. The van der Waals surface area contributed by atoms with E-state index in [0.29, 0.717) is 6.61 Å². The summed E-state index contributed by atoms with van der Waals surface area (Å²) in [6, 6.07) is 0.